The standard InChI is InChI=1S/C3F4O3S/c4-2(5)1(3(6)8)11(7,9)10. The van der Waals surface area contributed by atoms with Crippen molar-refractivity contribution < 1.29 is 30.3 Å². The molecule has 0 aliphatic rings. The fraction of sp³-hybridized carbons (Fsp3) is 0. The van der Waals surface area contributed by atoms with Gasteiger partial charge in [-0.15, -0.1) is 0 Å². The van der Waals surface area contributed by atoms with Gasteiger partial charge in [0.2, 0.25) is 4.91 Å². The predicted octanol–water partition coefficient (Wildman–Crippen LogP) is 0.890. The van der Waals surface area contributed by atoms with Crippen molar-refractivity contribution in [3.63, 3.8) is 0 Å². The predicted molar refractivity (Wildman–Crippen MR) is 25.4 cm³/mol. The Hall–Kier alpha value is -0.920. The Morgan fingerprint density at radius 3 is 1.45 bits per heavy atom. The Morgan fingerprint density at radius 1 is 1.09 bits per heavy atom. The van der Waals surface area contributed by atoms with E-state index in [0.717, 1.165) is 0 Å². The van der Waals surface area contributed by atoms with E-state index in [9.17, 15) is 30.3 Å². The van der Waals surface area contributed by atoms with Gasteiger partial charge in [0.15, 0.2) is 0 Å². The largest absolute Gasteiger partial charge is 0.351 e. The molecule has 0 fully saturated rings. The number of carbonyl (C=O) groups is 1. The van der Waals surface area contributed by atoms with Crippen LogP contribution in [0.25, 0.3) is 0 Å². The third-order valence-electron chi connectivity index (χ3n) is 0.594. The Morgan fingerprint density at radius 2 is 1.45 bits per heavy atom. The van der Waals surface area contributed by atoms with E-state index < -0.39 is 27.2 Å². The monoisotopic (exact) mass is 192 g/mol. The van der Waals surface area contributed by atoms with Crippen LogP contribution in [0.15, 0.2) is 11.0 Å². The molecule has 0 atom stereocenters. The number of rotatable bonds is 2. The van der Waals surface area contributed by atoms with E-state index in [1.165, 1.54) is 0 Å². The average Bonchev–Trinajstić information content (AvgIpc) is 1.54. The Bertz CT molecular complexity index is 299. The van der Waals surface area contributed by atoms with Crippen LogP contribution >= 0.6 is 0 Å². The lowest BCUT2D eigenvalue weighted by Crippen LogP contribution is -2.05. The van der Waals surface area contributed by atoms with Crippen LogP contribution in [0.4, 0.5) is 17.1 Å². The lowest BCUT2D eigenvalue weighted by Gasteiger charge is -1.89. The molecule has 0 rings (SSSR count). The molecule has 0 aromatic heterocycles. The van der Waals surface area contributed by atoms with E-state index in [0.29, 0.717) is 0 Å². The van der Waals surface area contributed by atoms with Gasteiger partial charge in [0, 0.05) is 0 Å². The maximum absolute atomic E-state index is 11.5. The van der Waals surface area contributed by atoms with E-state index in [-0.39, 0.29) is 0 Å². The van der Waals surface area contributed by atoms with Crippen LogP contribution in [0.5, 0.6) is 0 Å². The fourth-order valence-electron chi connectivity index (χ4n) is 0.262. The molecule has 0 amide bonds. The summed E-state index contributed by atoms with van der Waals surface area (Å²) >= 11 is 0. The van der Waals surface area contributed by atoms with Crippen LogP contribution in [-0.4, -0.2) is 14.5 Å². The van der Waals surface area contributed by atoms with Gasteiger partial charge < -0.3 is 0 Å². The van der Waals surface area contributed by atoms with Crippen molar-refractivity contribution in [1.82, 2.24) is 0 Å². The van der Waals surface area contributed by atoms with Gasteiger partial charge in [-0.1, -0.05) is 3.89 Å². The third-order valence-corrected chi connectivity index (χ3v) is 1.40. The first-order chi connectivity index (χ1) is 4.76. The van der Waals surface area contributed by atoms with Crippen LogP contribution in [-0.2, 0) is 15.0 Å². The van der Waals surface area contributed by atoms with Crippen molar-refractivity contribution >= 4 is 16.3 Å². The number of hydrogen-bond donors (Lipinski definition) is 0. The minimum absolute atomic E-state index is 2.74. The second-order valence-electron chi connectivity index (χ2n) is 1.30. The summed E-state index contributed by atoms with van der Waals surface area (Å²) in [7, 11) is -5.96. The molecular formula is C3F4O3S. The molecule has 0 spiro atoms. The van der Waals surface area contributed by atoms with Crippen molar-refractivity contribution in [3.8, 4) is 0 Å². The summed E-state index contributed by atoms with van der Waals surface area (Å²) in [5.41, 5.74) is 0. The van der Waals surface area contributed by atoms with Crippen LogP contribution in [0.1, 0.15) is 0 Å². The van der Waals surface area contributed by atoms with Gasteiger partial charge in [-0.3, -0.25) is 4.79 Å². The van der Waals surface area contributed by atoms with Crippen LogP contribution in [0, 0.1) is 0 Å². The zero-order valence-electron chi connectivity index (χ0n) is 4.64. The number of hydrogen-bond acceptors (Lipinski definition) is 3. The van der Waals surface area contributed by atoms with E-state index in [4.69, 9.17) is 0 Å². The molecule has 0 aliphatic carbocycles. The summed E-state index contributed by atoms with van der Waals surface area (Å²) in [6, 6.07) is -3.02. The van der Waals surface area contributed by atoms with E-state index in [2.05, 4.69) is 0 Å². The highest BCUT2D eigenvalue weighted by atomic mass is 32.3. The van der Waals surface area contributed by atoms with Gasteiger partial charge in [-0.25, -0.2) is 0 Å². The summed E-state index contributed by atoms with van der Waals surface area (Å²) in [6.07, 6.45) is -3.21. The summed E-state index contributed by atoms with van der Waals surface area (Å²) in [4.78, 5) is 6.67. The molecule has 3 nitrogen and oxygen atoms in total. The normalized spacial score (nSPS) is 10.9. The highest BCUT2D eigenvalue weighted by Gasteiger charge is 2.30. The molecular weight excluding hydrogens is 192 g/mol. The Kier molecular flexibility index (Phi) is 2.74. The SMILES string of the molecule is O=C(F)C(=C(F)F)S(=O)(=O)F. The maximum Gasteiger partial charge on any atom is 0.351 e. The van der Waals surface area contributed by atoms with Crippen LogP contribution in [0.3, 0.4) is 0 Å². The first-order valence-corrected chi connectivity index (χ1v) is 3.35. The van der Waals surface area contributed by atoms with Crippen molar-refractivity contribution in [2.24, 2.45) is 0 Å². The van der Waals surface area contributed by atoms with Gasteiger partial charge in [0.05, 0.1) is 0 Å². The van der Waals surface area contributed by atoms with Gasteiger partial charge in [0.1, 0.15) is 0 Å². The molecule has 0 unspecified atom stereocenters. The number of allylic oxidation sites excluding steroid dienone is 1. The molecule has 0 N–H and O–H groups in total. The summed E-state index contributed by atoms with van der Waals surface area (Å²) in [6.45, 7) is 0. The highest BCUT2D eigenvalue weighted by molar-refractivity contribution is 7.91. The second kappa shape index (κ2) is 2.99. The Labute approximate surface area is 58.5 Å². The first kappa shape index (κ1) is 10.1. The Balaban J connectivity index is 5.32. The molecule has 0 saturated heterocycles. The van der Waals surface area contributed by atoms with Gasteiger partial charge >= 0.3 is 16.3 Å². The lowest BCUT2D eigenvalue weighted by molar-refractivity contribution is -0.124. The zero-order chi connectivity index (χ0) is 9.23. The highest BCUT2D eigenvalue weighted by Crippen LogP contribution is 2.17. The molecule has 0 heterocycles. The summed E-state index contributed by atoms with van der Waals surface area (Å²) < 4.78 is 64.4. The van der Waals surface area contributed by atoms with Gasteiger partial charge in [-0.05, 0) is 0 Å². The van der Waals surface area contributed by atoms with E-state index in [1.807, 2.05) is 0 Å². The second-order valence-corrected chi connectivity index (χ2v) is 2.59. The number of carbonyl (C=O) groups excluding carboxylic acids is 1. The zero-order valence-corrected chi connectivity index (χ0v) is 5.46. The molecule has 0 bridgehead atoms. The first-order valence-electron chi connectivity index (χ1n) is 1.96. The average molecular weight is 192 g/mol. The van der Waals surface area contributed by atoms with Gasteiger partial charge in [-0.2, -0.15) is 21.6 Å². The molecule has 0 aromatic carbocycles. The molecule has 64 valence electrons. The molecule has 0 saturated carbocycles. The van der Waals surface area contributed by atoms with E-state index >= 15 is 0 Å². The van der Waals surface area contributed by atoms with Gasteiger partial charge in [0.25, 0.3) is 6.08 Å². The minimum Gasteiger partial charge on any atom is -0.254 e. The smallest absolute Gasteiger partial charge is 0.254 e. The van der Waals surface area contributed by atoms with Crippen molar-refractivity contribution in [2.45, 2.75) is 0 Å². The fourth-order valence-corrected chi connectivity index (χ4v) is 0.638. The quantitative estimate of drug-likeness (QED) is 0.371. The summed E-state index contributed by atoms with van der Waals surface area (Å²) in [5, 5.41) is 0. The maximum atomic E-state index is 11.5. The molecule has 8 heteroatoms. The number of halogens is 4. The molecule has 11 heavy (non-hydrogen) atoms. The molecule has 0 aromatic rings. The topological polar surface area (TPSA) is 51.2 Å². The van der Waals surface area contributed by atoms with Crippen molar-refractivity contribution in [2.75, 3.05) is 0 Å². The lowest BCUT2D eigenvalue weighted by atomic mass is 10.6. The molecule has 0 aliphatic heterocycles. The van der Waals surface area contributed by atoms with Crippen molar-refractivity contribution in [1.29, 1.82) is 0 Å². The van der Waals surface area contributed by atoms with Crippen LogP contribution < -0.4 is 0 Å². The van der Waals surface area contributed by atoms with Crippen LogP contribution in [0.2, 0.25) is 0 Å². The third kappa shape index (κ3) is 2.66. The van der Waals surface area contributed by atoms with E-state index in [1.54, 1.807) is 0 Å². The van der Waals surface area contributed by atoms with Crippen molar-refractivity contribution in [3.05, 3.63) is 11.0 Å². The summed E-state index contributed by atoms with van der Waals surface area (Å²) in [5.74, 6) is 0. The minimum atomic E-state index is -5.96. The molecule has 0 radical (unpaired) electrons.